The van der Waals surface area contributed by atoms with E-state index in [0.29, 0.717) is 12.6 Å². The maximum atomic E-state index is 13.2. The van der Waals surface area contributed by atoms with Crippen LogP contribution in [0.25, 0.3) is 0 Å². The van der Waals surface area contributed by atoms with E-state index in [-0.39, 0.29) is 17.3 Å². The Labute approximate surface area is 109 Å². The van der Waals surface area contributed by atoms with Crippen molar-refractivity contribution < 1.29 is 14.1 Å². The SMILES string of the molecule is CNC(C)CNC(=O)c1cc(F)cc([N+](=O)[O-])c1N. The zero-order chi connectivity index (χ0) is 14.6. The van der Waals surface area contributed by atoms with Crippen LogP contribution >= 0.6 is 0 Å². The second-order valence-electron chi connectivity index (χ2n) is 4.04. The Bertz CT molecular complexity index is 507. The molecule has 0 fully saturated rings. The molecule has 0 aliphatic carbocycles. The predicted molar refractivity (Wildman–Crippen MR) is 68.3 cm³/mol. The van der Waals surface area contributed by atoms with E-state index >= 15 is 0 Å². The van der Waals surface area contributed by atoms with Crippen molar-refractivity contribution in [2.24, 2.45) is 0 Å². The van der Waals surface area contributed by atoms with E-state index in [1.807, 2.05) is 6.92 Å². The quantitative estimate of drug-likeness (QED) is 0.413. The first kappa shape index (κ1) is 14.8. The Morgan fingerprint density at radius 2 is 2.21 bits per heavy atom. The van der Waals surface area contributed by atoms with E-state index in [4.69, 9.17) is 5.73 Å². The maximum absolute atomic E-state index is 13.2. The molecule has 1 atom stereocenters. The highest BCUT2D eigenvalue weighted by Crippen LogP contribution is 2.26. The highest BCUT2D eigenvalue weighted by atomic mass is 19.1. The van der Waals surface area contributed by atoms with Crippen molar-refractivity contribution in [3.05, 3.63) is 33.6 Å². The number of hydrogen-bond donors (Lipinski definition) is 3. The lowest BCUT2D eigenvalue weighted by Crippen LogP contribution is -2.37. The summed E-state index contributed by atoms with van der Waals surface area (Å²) in [6, 6.07) is 1.57. The Kier molecular flexibility index (Phi) is 4.76. The van der Waals surface area contributed by atoms with Gasteiger partial charge in [-0.15, -0.1) is 0 Å². The molecule has 1 amide bonds. The van der Waals surface area contributed by atoms with Gasteiger partial charge in [0, 0.05) is 12.6 Å². The molecule has 19 heavy (non-hydrogen) atoms. The topological polar surface area (TPSA) is 110 Å². The molecule has 8 heteroatoms. The van der Waals surface area contributed by atoms with E-state index in [1.54, 1.807) is 7.05 Å². The summed E-state index contributed by atoms with van der Waals surface area (Å²) in [6.07, 6.45) is 0. The molecule has 4 N–H and O–H groups in total. The highest BCUT2D eigenvalue weighted by molar-refractivity contribution is 6.01. The molecule has 0 aliphatic rings. The zero-order valence-corrected chi connectivity index (χ0v) is 10.6. The summed E-state index contributed by atoms with van der Waals surface area (Å²) in [5.74, 6) is -1.53. The first-order valence-corrected chi connectivity index (χ1v) is 5.55. The molecule has 0 radical (unpaired) electrons. The number of nitrogen functional groups attached to an aromatic ring is 1. The standard InChI is InChI=1S/C11H15FN4O3/c1-6(14-2)5-15-11(17)8-3-7(12)4-9(10(8)13)16(18)19/h3-4,6,14H,5,13H2,1-2H3,(H,15,17). The number of benzene rings is 1. The third-order valence-electron chi connectivity index (χ3n) is 2.63. The number of nitro benzene ring substituents is 1. The highest BCUT2D eigenvalue weighted by Gasteiger charge is 2.21. The molecule has 1 aromatic carbocycles. The monoisotopic (exact) mass is 270 g/mol. The second kappa shape index (κ2) is 6.10. The molecule has 0 saturated carbocycles. The summed E-state index contributed by atoms with van der Waals surface area (Å²) >= 11 is 0. The van der Waals surface area contributed by atoms with Crippen LogP contribution < -0.4 is 16.4 Å². The second-order valence-corrected chi connectivity index (χ2v) is 4.04. The molecule has 7 nitrogen and oxygen atoms in total. The average molecular weight is 270 g/mol. The van der Waals surface area contributed by atoms with Crippen LogP contribution in [-0.2, 0) is 0 Å². The molecule has 0 bridgehead atoms. The number of nitrogens with zero attached hydrogens (tertiary/aromatic N) is 1. The van der Waals surface area contributed by atoms with Gasteiger partial charge in [0.15, 0.2) is 0 Å². The minimum Gasteiger partial charge on any atom is -0.393 e. The van der Waals surface area contributed by atoms with Crippen LogP contribution in [0.15, 0.2) is 12.1 Å². The van der Waals surface area contributed by atoms with Gasteiger partial charge in [-0.1, -0.05) is 0 Å². The minimum atomic E-state index is -0.882. The molecule has 0 heterocycles. The summed E-state index contributed by atoms with van der Waals surface area (Å²) in [7, 11) is 1.72. The lowest BCUT2D eigenvalue weighted by Gasteiger charge is -2.12. The molecular formula is C11H15FN4O3. The van der Waals surface area contributed by atoms with E-state index in [9.17, 15) is 19.3 Å². The average Bonchev–Trinajstić information content (AvgIpc) is 2.37. The van der Waals surface area contributed by atoms with Gasteiger partial charge in [-0.05, 0) is 20.0 Å². The van der Waals surface area contributed by atoms with E-state index in [1.165, 1.54) is 0 Å². The van der Waals surface area contributed by atoms with Crippen molar-refractivity contribution in [3.63, 3.8) is 0 Å². The molecule has 1 rings (SSSR count). The molecule has 0 saturated heterocycles. The molecular weight excluding hydrogens is 255 g/mol. The summed E-state index contributed by atoms with van der Waals surface area (Å²) in [5, 5.41) is 16.1. The molecule has 1 aromatic rings. The van der Waals surface area contributed by atoms with Crippen LogP contribution in [0, 0.1) is 15.9 Å². The number of nitrogens with two attached hydrogens (primary N) is 1. The zero-order valence-electron chi connectivity index (χ0n) is 10.6. The van der Waals surface area contributed by atoms with Gasteiger partial charge in [0.25, 0.3) is 11.6 Å². The van der Waals surface area contributed by atoms with Crippen molar-refractivity contribution in [2.75, 3.05) is 19.3 Å². The Balaban J connectivity index is 3.00. The van der Waals surface area contributed by atoms with Gasteiger partial charge in [-0.3, -0.25) is 14.9 Å². The van der Waals surface area contributed by atoms with Crippen LogP contribution in [0.5, 0.6) is 0 Å². The first-order valence-electron chi connectivity index (χ1n) is 5.55. The number of rotatable bonds is 5. The third-order valence-corrected chi connectivity index (χ3v) is 2.63. The van der Waals surface area contributed by atoms with Crippen molar-refractivity contribution >= 4 is 17.3 Å². The van der Waals surface area contributed by atoms with E-state index in [0.717, 1.165) is 6.07 Å². The molecule has 0 spiro atoms. The lowest BCUT2D eigenvalue weighted by molar-refractivity contribution is -0.384. The van der Waals surface area contributed by atoms with Crippen molar-refractivity contribution in [1.29, 1.82) is 0 Å². The Morgan fingerprint density at radius 1 is 1.58 bits per heavy atom. The summed E-state index contributed by atoms with van der Waals surface area (Å²) in [6.45, 7) is 2.12. The van der Waals surface area contributed by atoms with Gasteiger partial charge in [0.2, 0.25) is 0 Å². The van der Waals surface area contributed by atoms with Crippen molar-refractivity contribution in [2.45, 2.75) is 13.0 Å². The molecule has 0 aromatic heterocycles. The molecule has 0 aliphatic heterocycles. The number of hydrogen-bond acceptors (Lipinski definition) is 5. The Hall–Kier alpha value is -2.22. The van der Waals surface area contributed by atoms with Gasteiger partial charge in [-0.25, -0.2) is 4.39 Å². The number of carbonyl (C=O) groups is 1. The number of amides is 1. The summed E-state index contributed by atoms with van der Waals surface area (Å²) in [5.41, 5.74) is 4.30. The van der Waals surface area contributed by atoms with Gasteiger partial charge < -0.3 is 16.4 Å². The molecule has 1 unspecified atom stereocenters. The van der Waals surface area contributed by atoms with Gasteiger partial charge in [0.1, 0.15) is 11.5 Å². The summed E-state index contributed by atoms with van der Waals surface area (Å²) < 4.78 is 13.2. The fourth-order valence-corrected chi connectivity index (χ4v) is 1.39. The van der Waals surface area contributed by atoms with Gasteiger partial charge >= 0.3 is 0 Å². The largest absolute Gasteiger partial charge is 0.393 e. The number of nitro groups is 1. The Morgan fingerprint density at radius 3 is 2.74 bits per heavy atom. The minimum absolute atomic E-state index is 0.00807. The van der Waals surface area contributed by atoms with Crippen LogP contribution in [0.4, 0.5) is 15.8 Å². The number of anilines is 1. The number of nitrogens with one attached hydrogen (secondary N) is 2. The van der Waals surface area contributed by atoms with Crippen molar-refractivity contribution in [3.8, 4) is 0 Å². The van der Waals surface area contributed by atoms with Gasteiger partial charge in [-0.2, -0.15) is 0 Å². The summed E-state index contributed by atoms with van der Waals surface area (Å²) in [4.78, 5) is 21.7. The fourth-order valence-electron chi connectivity index (χ4n) is 1.39. The number of halogens is 1. The van der Waals surface area contributed by atoms with E-state index < -0.39 is 22.3 Å². The maximum Gasteiger partial charge on any atom is 0.295 e. The van der Waals surface area contributed by atoms with Gasteiger partial charge in [0.05, 0.1) is 16.6 Å². The fraction of sp³-hybridized carbons (Fsp3) is 0.364. The lowest BCUT2D eigenvalue weighted by atomic mass is 10.1. The predicted octanol–water partition coefficient (Wildman–Crippen LogP) is 0.654. The van der Waals surface area contributed by atoms with Crippen LogP contribution in [0.2, 0.25) is 0 Å². The van der Waals surface area contributed by atoms with Crippen LogP contribution in [-0.4, -0.2) is 30.5 Å². The first-order chi connectivity index (χ1) is 8.86. The molecule has 104 valence electrons. The van der Waals surface area contributed by atoms with Crippen LogP contribution in [0.3, 0.4) is 0 Å². The van der Waals surface area contributed by atoms with Crippen LogP contribution in [0.1, 0.15) is 17.3 Å². The number of carbonyl (C=O) groups excluding carboxylic acids is 1. The normalized spacial score (nSPS) is 11.9. The van der Waals surface area contributed by atoms with Crippen molar-refractivity contribution in [1.82, 2.24) is 10.6 Å². The number of likely N-dealkylation sites (N-methyl/N-ethyl adjacent to an activating group) is 1. The third kappa shape index (κ3) is 3.62. The smallest absolute Gasteiger partial charge is 0.295 e. The van der Waals surface area contributed by atoms with E-state index in [2.05, 4.69) is 10.6 Å².